The van der Waals surface area contributed by atoms with E-state index < -0.39 is 15.9 Å². The topological polar surface area (TPSA) is 124 Å². The highest BCUT2D eigenvalue weighted by Crippen LogP contribution is 2.37. The first-order chi connectivity index (χ1) is 15.3. The summed E-state index contributed by atoms with van der Waals surface area (Å²) in [6.07, 6.45) is 0. The lowest BCUT2D eigenvalue weighted by molar-refractivity contribution is 0.0730. The molecule has 9 nitrogen and oxygen atoms in total. The van der Waals surface area contributed by atoms with Crippen LogP contribution in [-0.4, -0.2) is 55.0 Å². The van der Waals surface area contributed by atoms with Crippen molar-refractivity contribution in [3.8, 4) is 5.88 Å². The molecule has 1 amide bonds. The highest BCUT2D eigenvalue weighted by Gasteiger charge is 2.27. The van der Waals surface area contributed by atoms with Crippen LogP contribution < -0.4 is 0 Å². The molecule has 0 saturated carbocycles. The van der Waals surface area contributed by atoms with Crippen molar-refractivity contribution in [3.63, 3.8) is 0 Å². The number of aromatic nitrogens is 1. The Kier molecular flexibility index (Phi) is 6.09. The Balaban J connectivity index is 1.62. The van der Waals surface area contributed by atoms with Crippen molar-refractivity contribution in [1.82, 2.24) is 9.29 Å². The molecule has 0 aliphatic carbocycles. The SMILES string of the molecule is CC(C)c1ccc2[nH]c(O)c(N=NC(=O)c3cccc(S(=O)(=O)N4CCOCC4)c3)c2c1. The van der Waals surface area contributed by atoms with Gasteiger partial charge in [-0.2, -0.15) is 4.31 Å². The fraction of sp³-hybridized carbons (Fsp3) is 0.318. The Morgan fingerprint density at radius 3 is 2.62 bits per heavy atom. The van der Waals surface area contributed by atoms with E-state index >= 15 is 0 Å². The summed E-state index contributed by atoms with van der Waals surface area (Å²) in [5.41, 5.74) is 1.98. The minimum absolute atomic E-state index is 0.0111. The van der Waals surface area contributed by atoms with Crippen LogP contribution >= 0.6 is 0 Å². The third-order valence-corrected chi connectivity index (χ3v) is 7.27. The predicted molar refractivity (Wildman–Crippen MR) is 119 cm³/mol. The van der Waals surface area contributed by atoms with Gasteiger partial charge in [-0.25, -0.2) is 8.42 Å². The molecule has 2 N–H and O–H groups in total. The zero-order chi connectivity index (χ0) is 22.9. The lowest BCUT2D eigenvalue weighted by atomic mass is 10.0. The van der Waals surface area contributed by atoms with E-state index in [-0.39, 0.29) is 41.0 Å². The van der Waals surface area contributed by atoms with Gasteiger partial charge in [0.1, 0.15) is 0 Å². The van der Waals surface area contributed by atoms with Gasteiger partial charge in [-0.3, -0.25) is 4.79 Å². The van der Waals surface area contributed by atoms with Crippen LogP contribution in [0.5, 0.6) is 5.88 Å². The summed E-state index contributed by atoms with van der Waals surface area (Å²) in [4.78, 5) is 15.5. The van der Waals surface area contributed by atoms with Gasteiger partial charge in [0.05, 0.1) is 23.6 Å². The molecule has 1 saturated heterocycles. The van der Waals surface area contributed by atoms with Crippen molar-refractivity contribution < 1.29 is 23.1 Å². The standard InChI is InChI=1S/C22H24N4O5S/c1-14(2)15-6-7-19-18(13-15)20(22(28)23-19)24-25-21(27)16-4-3-5-17(12-16)32(29,30)26-8-10-31-11-9-26/h3-7,12-14,23,28H,8-11H2,1-2H3. The molecule has 0 unspecified atom stereocenters. The van der Waals surface area contributed by atoms with Gasteiger partial charge < -0.3 is 14.8 Å². The Hall–Kier alpha value is -3.08. The molecule has 0 bridgehead atoms. The Bertz CT molecular complexity index is 1290. The van der Waals surface area contributed by atoms with E-state index in [1.807, 2.05) is 18.2 Å². The van der Waals surface area contributed by atoms with Gasteiger partial charge in [0.2, 0.25) is 15.9 Å². The quantitative estimate of drug-likeness (QED) is 0.563. The molecule has 4 rings (SSSR count). The average molecular weight is 457 g/mol. The zero-order valence-corrected chi connectivity index (χ0v) is 18.6. The van der Waals surface area contributed by atoms with Gasteiger partial charge in [-0.1, -0.05) is 26.0 Å². The molecule has 10 heteroatoms. The summed E-state index contributed by atoms with van der Waals surface area (Å²) in [6.45, 7) is 5.29. The summed E-state index contributed by atoms with van der Waals surface area (Å²) >= 11 is 0. The van der Waals surface area contributed by atoms with Gasteiger partial charge in [-0.15, -0.1) is 10.2 Å². The monoisotopic (exact) mass is 456 g/mol. The number of carbonyl (C=O) groups excluding carboxylic acids is 1. The molecule has 0 spiro atoms. The van der Waals surface area contributed by atoms with Gasteiger partial charge in [0.25, 0.3) is 5.91 Å². The number of carbonyl (C=O) groups is 1. The number of ether oxygens (including phenoxy) is 1. The van der Waals surface area contributed by atoms with E-state index in [1.54, 1.807) is 0 Å². The van der Waals surface area contributed by atoms with Gasteiger partial charge in [0.15, 0.2) is 5.69 Å². The molecule has 2 heterocycles. The maximum absolute atomic E-state index is 12.9. The van der Waals surface area contributed by atoms with Gasteiger partial charge in [0, 0.05) is 24.0 Å². The van der Waals surface area contributed by atoms with Crippen LogP contribution in [0.3, 0.4) is 0 Å². The Morgan fingerprint density at radius 1 is 1.16 bits per heavy atom. The van der Waals surface area contributed by atoms with E-state index in [0.717, 1.165) is 5.56 Å². The molecule has 1 fully saturated rings. The molecule has 1 aromatic heterocycles. The van der Waals surface area contributed by atoms with Crippen LogP contribution in [0.25, 0.3) is 10.9 Å². The van der Waals surface area contributed by atoms with Crippen molar-refractivity contribution in [2.24, 2.45) is 10.2 Å². The molecule has 0 radical (unpaired) electrons. The first-order valence-electron chi connectivity index (χ1n) is 10.3. The Morgan fingerprint density at radius 2 is 1.91 bits per heavy atom. The van der Waals surface area contributed by atoms with Crippen LogP contribution in [0.1, 0.15) is 35.7 Å². The molecular weight excluding hydrogens is 432 g/mol. The predicted octanol–water partition coefficient (Wildman–Crippen LogP) is 3.94. The first-order valence-corrected chi connectivity index (χ1v) is 11.7. The number of aromatic hydroxyl groups is 1. The summed E-state index contributed by atoms with van der Waals surface area (Å²) in [5.74, 6) is -0.627. The van der Waals surface area contributed by atoms with E-state index in [4.69, 9.17) is 4.74 Å². The highest BCUT2D eigenvalue weighted by atomic mass is 32.2. The highest BCUT2D eigenvalue weighted by molar-refractivity contribution is 7.89. The minimum atomic E-state index is -3.74. The van der Waals surface area contributed by atoms with E-state index in [1.165, 1.54) is 28.6 Å². The second-order valence-electron chi connectivity index (χ2n) is 7.83. The Labute approximate surface area is 185 Å². The maximum Gasteiger partial charge on any atom is 0.295 e. The number of H-pyrrole nitrogens is 1. The summed E-state index contributed by atoms with van der Waals surface area (Å²) in [5, 5.41) is 18.6. The number of hydrogen-bond acceptors (Lipinski definition) is 6. The van der Waals surface area contributed by atoms with Crippen LogP contribution in [0.2, 0.25) is 0 Å². The summed E-state index contributed by atoms with van der Waals surface area (Å²) in [6, 6.07) is 11.4. The fourth-order valence-electron chi connectivity index (χ4n) is 3.52. The second kappa shape index (κ2) is 8.81. The number of fused-ring (bicyclic) bond motifs is 1. The van der Waals surface area contributed by atoms with Crippen molar-refractivity contribution in [2.75, 3.05) is 26.3 Å². The van der Waals surface area contributed by atoms with Crippen molar-refractivity contribution in [3.05, 3.63) is 53.6 Å². The maximum atomic E-state index is 12.9. The van der Waals surface area contributed by atoms with Gasteiger partial charge in [-0.05, 0) is 41.8 Å². The molecule has 0 atom stereocenters. The lowest BCUT2D eigenvalue weighted by Crippen LogP contribution is -2.40. The second-order valence-corrected chi connectivity index (χ2v) is 9.77. The normalized spacial score (nSPS) is 15.7. The minimum Gasteiger partial charge on any atom is -0.493 e. The zero-order valence-electron chi connectivity index (χ0n) is 17.8. The van der Waals surface area contributed by atoms with Crippen LogP contribution in [0.4, 0.5) is 5.69 Å². The first kappa shape index (κ1) is 22.1. The van der Waals surface area contributed by atoms with Gasteiger partial charge >= 0.3 is 0 Å². The van der Waals surface area contributed by atoms with Crippen molar-refractivity contribution in [1.29, 1.82) is 0 Å². The number of benzene rings is 2. The number of hydrogen-bond donors (Lipinski definition) is 2. The fourth-order valence-corrected chi connectivity index (χ4v) is 4.97. The smallest absolute Gasteiger partial charge is 0.295 e. The molecule has 3 aromatic rings. The van der Waals surface area contributed by atoms with E-state index in [9.17, 15) is 18.3 Å². The third kappa shape index (κ3) is 4.29. The average Bonchev–Trinajstić information content (AvgIpc) is 3.12. The number of amides is 1. The summed E-state index contributed by atoms with van der Waals surface area (Å²) < 4.78 is 32.2. The lowest BCUT2D eigenvalue weighted by Gasteiger charge is -2.26. The number of azo groups is 1. The van der Waals surface area contributed by atoms with Crippen molar-refractivity contribution in [2.45, 2.75) is 24.7 Å². The number of nitrogens with zero attached hydrogens (tertiary/aromatic N) is 3. The van der Waals surface area contributed by atoms with Crippen molar-refractivity contribution >= 4 is 32.5 Å². The number of aromatic amines is 1. The molecule has 1 aliphatic heterocycles. The molecule has 168 valence electrons. The van der Waals surface area contributed by atoms with E-state index in [0.29, 0.717) is 24.1 Å². The largest absolute Gasteiger partial charge is 0.493 e. The number of morpholine rings is 1. The summed E-state index contributed by atoms with van der Waals surface area (Å²) in [7, 11) is -3.74. The van der Waals surface area contributed by atoms with Crippen LogP contribution in [-0.2, 0) is 14.8 Å². The molecule has 1 aliphatic rings. The van der Waals surface area contributed by atoms with Crippen LogP contribution in [0, 0.1) is 0 Å². The van der Waals surface area contributed by atoms with E-state index in [2.05, 4.69) is 29.1 Å². The molecule has 2 aromatic carbocycles. The number of nitrogens with one attached hydrogen (secondary N) is 1. The number of sulfonamides is 1. The molecule has 32 heavy (non-hydrogen) atoms. The number of rotatable bonds is 5. The van der Waals surface area contributed by atoms with Crippen LogP contribution in [0.15, 0.2) is 57.6 Å². The third-order valence-electron chi connectivity index (χ3n) is 5.37. The molecular formula is C22H24N4O5S.